The third kappa shape index (κ3) is 4.44. The number of thioether (sulfide) groups is 1. The van der Waals surface area contributed by atoms with Crippen LogP contribution in [0.3, 0.4) is 0 Å². The van der Waals surface area contributed by atoms with E-state index in [1.54, 1.807) is 11.8 Å². The van der Waals surface area contributed by atoms with Gasteiger partial charge in [0, 0.05) is 16.7 Å². The minimum atomic E-state index is 0.185. The van der Waals surface area contributed by atoms with Crippen LogP contribution in [0.5, 0.6) is 0 Å². The van der Waals surface area contributed by atoms with E-state index in [1.807, 2.05) is 13.0 Å². The highest BCUT2D eigenvalue weighted by atomic mass is 32.2. The molecule has 0 amide bonds. The van der Waals surface area contributed by atoms with Crippen molar-refractivity contribution in [3.8, 4) is 0 Å². The van der Waals surface area contributed by atoms with E-state index in [9.17, 15) is 0 Å². The summed E-state index contributed by atoms with van der Waals surface area (Å²) < 4.78 is 0. The maximum absolute atomic E-state index is 5.41. The van der Waals surface area contributed by atoms with Gasteiger partial charge in [0.25, 0.3) is 0 Å². The highest BCUT2D eigenvalue weighted by molar-refractivity contribution is 7.98. The molecule has 0 spiro atoms. The molecule has 5 heteroatoms. The predicted molar refractivity (Wildman–Crippen MR) is 89.3 cm³/mol. The molecule has 2 aromatic rings. The molecular formula is C16H22N4S. The van der Waals surface area contributed by atoms with Crippen molar-refractivity contribution in [1.29, 1.82) is 0 Å². The first-order valence-corrected chi connectivity index (χ1v) is 7.91. The predicted octanol–water partition coefficient (Wildman–Crippen LogP) is 3.66. The van der Waals surface area contributed by atoms with Crippen LogP contribution in [0, 0.1) is 6.92 Å². The number of hydrazine groups is 1. The largest absolute Gasteiger partial charge is 0.308 e. The number of nitrogens with two attached hydrogens (primary N) is 1. The molecule has 0 aliphatic heterocycles. The standard InChI is InChI=1S/C16H22N4S/c1-11-9-14(20-17)19-15(18-11)10-21-13-7-5-12(6-8-13)16(2,3)4/h5-9H,10,17H2,1-4H3,(H,18,19,20). The van der Waals surface area contributed by atoms with E-state index < -0.39 is 0 Å². The smallest absolute Gasteiger partial charge is 0.143 e. The molecule has 4 nitrogen and oxygen atoms in total. The average molecular weight is 302 g/mol. The minimum absolute atomic E-state index is 0.185. The van der Waals surface area contributed by atoms with Gasteiger partial charge in [0.2, 0.25) is 0 Å². The summed E-state index contributed by atoms with van der Waals surface area (Å²) in [6.07, 6.45) is 0. The van der Waals surface area contributed by atoms with E-state index in [2.05, 4.69) is 60.4 Å². The summed E-state index contributed by atoms with van der Waals surface area (Å²) in [4.78, 5) is 10.00. The molecule has 2 rings (SSSR count). The van der Waals surface area contributed by atoms with E-state index >= 15 is 0 Å². The summed E-state index contributed by atoms with van der Waals surface area (Å²) in [5.41, 5.74) is 5.01. The molecule has 0 radical (unpaired) electrons. The van der Waals surface area contributed by atoms with Gasteiger partial charge in [-0.2, -0.15) is 0 Å². The number of hydrogen-bond acceptors (Lipinski definition) is 5. The van der Waals surface area contributed by atoms with Crippen LogP contribution >= 0.6 is 11.8 Å². The molecule has 3 N–H and O–H groups in total. The van der Waals surface area contributed by atoms with E-state index in [0.717, 1.165) is 17.3 Å². The normalized spacial score (nSPS) is 11.5. The topological polar surface area (TPSA) is 63.8 Å². The number of hydrogen-bond donors (Lipinski definition) is 2. The molecule has 0 aliphatic carbocycles. The highest BCUT2D eigenvalue weighted by Crippen LogP contribution is 2.27. The number of aryl methyl sites for hydroxylation is 1. The van der Waals surface area contributed by atoms with E-state index in [0.29, 0.717) is 5.82 Å². The van der Waals surface area contributed by atoms with Gasteiger partial charge in [0.15, 0.2) is 0 Å². The number of nitrogen functional groups attached to an aromatic ring is 1. The fourth-order valence-electron chi connectivity index (χ4n) is 1.97. The Kier molecular flexibility index (Phi) is 4.85. The zero-order valence-electron chi connectivity index (χ0n) is 13.0. The zero-order chi connectivity index (χ0) is 15.5. The molecule has 1 heterocycles. The van der Waals surface area contributed by atoms with Crippen molar-refractivity contribution in [2.45, 2.75) is 43.8 Å². The second-order valence-electron chi connectivity index (χ2n) is 6.02. The fourth-order valence-corrected chi connectivity index (χ4v) is 2.72. The Hall–Kier alpha value is -1.59. The van der Waals surface area contributed by atoms with E-state index in [4.69, 9.17) is 5.84 Å². The molecule has 21 heavy (non-hydrogen) atoms. The van der Waals surface area contributed by atoms with Crippen LogP contribution in [-0.4, -0.2) is 9.97 Å². The molecule has 0 bridgehead atoms. The third-order valence-corrected chi connectivity index (χ3v) is 4.14. The molecular weight excluding hydrogens is 280 g/mol. The maximum atomic E-state index is 5.41. The molecule has 1 aromatic carbocycles. The molecule has 0 aliphatic rings. The summed E-state index contributed by atoms with van der Waals surface area (Å²) in [7, 11) is 0. The molecule has 0 saturated heterocycles. The number of nitrogens with zero attached hydrogens (tertiary/aromatic N) is 2. The van der Waals surface area contributed by atoms with Gasteiger partial charge in [-0.1, -0.05) is 32.9 Å². The second-order valence-corrected chi connectivity index (χ2v) is 7.07. The van der Waals surface area contributed by atoms with Gasteiger partial charge in [-0.25, -0.2) is 15.8 Å². The summed E-state index contributed by atoms with van der Waals surface area (Å²) >= 11 is 1.73. The van der Waals surface area contributed by atoms with Crippen molar-refractivity contribution in [2.75, 3.05) is 5.43 Å². The molecule has 1 aromatic heterocycles. The monoisotopic (exact) mass is 302 g/mol. The Morgan fingerprint density at radius 3 is 2.38 bits per heavy atom. The first-order valence-electron chi connectivity index (χ1n) is 6.93. The van der Waals surface area contributed by atoms with Crippen LogP contribution in [-0.2, 0) is 11.2 Å². The molecule has 112 valence electrons. The van der Waals surface area contributed by atoms with Crippen LogP contribution < -0.4 is 11.3 Å². The van der Waals surface area contributed by atoms with Crippen LogP contribution in [0.2, 0.25) is 0 Å². The van der Waals surface area contributed by atoms with Gasteiger partial charge in [0.1, 0.15) is 11.6 Å². The minimum Gasteiger partial charge on any atom is -0.308 e. The number of benzene rings is 1. The van der Waals surface area contributed by atoms with E-state index in [1.165, 1.54) is 10.5 Å². The van der Waals surface area contributed by atoms with Crippen molar-refractivity contribution < 1.29 is 0 Å². The first kappa shape index (κ1) is 15.8. The van der Waals surface area contributed by atoms with Gasteiger partial charge in [-0.3, -0.25) is 0 Å². The van der Waals surface area contributed by atoms with E-state index in [-0.39, 0.29) is 5.41 Å². The van der Waals surface area contributed by atoms with Crippen LogP contribution in [0.4, 0.5) is 5.82 Å². The van der Waals surface area contributed by atoms with Gasteiger partial charge in [0.05, 0.1) is 5.75 Å². The van der Waals surface area contributed by atoms with Crippen molar-refractivity contribution in [3.05, 3.63) is 47.4 Å². The number of nitrogens with one attached hydrogen (secondary N) is 1. The number of rotatable bonds is 4. The van der Waals surface area contributed by atoms with Crippen molar-refractivity contribution in [1.82, 2.24) is 9.97 Å². The Morgan fingerprint density at radius 2 is 1.81 bits per heavy atom. The van der Waals surface area contributed by atoms with Crippen LogP contribution in [0.15, 0.2) is 35.2 Å². The Bertz CT molecular complexity index is 603. The second kappa shape index (κ2) is 6.45. The molecule has 0 saturated carbocycles. The Morgan fingerprint density at radius 1 is 1.14 bits per heavy atom. The lowest BCUT2D eigenvalue weighted by atomic mass is 9.87. The van der Waals surface area contributed by atoms with Crippen molar-refractivity contribution in [3.63, 3.8) is 0 Å². The molecule has 0 unspecified atom stereocenters. The van der Waals surface area contributed by atoms with Gasteiger partial charge >= 0.3 is 0 Å². The molecule has 0 fully saturated rings. The van der Waals surface area contributed by atoms with Gasteiger partial charge in [-0.05, 0) is 30.0 Å². The lowest BCUT2D eigenvalue weighted by molar-refractivity contribution is 0.590. The Balaban J connectivity index is 2.05. The third-order valence-electron chi connectivity index (χ3n) is 3.14. The SMILES string of the molecule is Cc1cc(NN)nc(CSc2ccc(C(C)(C)C)cc2)n1. The Labute approximate surface area is 130 Å². The molecule has 0 atom stereocenters. The summed E-state index contributed by atoms with van der Waals surface area (Å²) in [5, 5.41) is 0. The number of anilines is 1. The lowest BCUT2D eigenvalue weighted by Gasteiger charge is -2.19. The summed E-state index contributed by atoms with van der Waals surface area (Å²) in [6.45, 7) is 8.60. The quantitative estimate of drug-likeness (QED) is 0.512. The fraction of sp³-hybridized carbons (Fsp3) is 0.375. The average Bonchev–Trinajstić information content (AvgIpc) is 2.44. The van der Waals surface area contributed by atoms with Crippen LogP contribution in [0.25, 0.3) is 0 Å². The highest BCUT2D eigenvalue weighted by Gasteiger charge is 2.13. The van der Waals surface area contributed by atoms with Gasteiger partial charge in [-0.15, -0.1) is 11.8 Å². The van der Waals surface area contributed by atoms with Gasteiger partial charge < -0.3 is 5.43 Å². The maximum Gasteiger partial charge on any atom is 0.143 e. The lowest BCUT2D eigenvalue weighted by Crippen LogP contribution is -2.11. The van der Waals surface area contributed by atoms with Crippen molar-refractivity contribution >= 4 is 17.6 Å². The summed E-state index contributed by atoms with van der Waals surface area (Å²) in [5.74, 6) is 7.57. The zero-order valence-corrected chi connectivity index (χ0v) is 13.8. The summed E-state index contributed by atoms with van der Waals surface area (Å²) in [6, 6.07) is 10.5. The first-order chi connectivity index (χ1) is 9.88. The van der Waals surface area contributed by atoms with Crippen LogP contribution in [0.1, 0.15) is 37.9 Å². The number of aromatic nitrogens is 2. The van der Waals surface area contributed by atoms with Crippen molar-refractivity contribution in [2.24, 2.45) is 5.84 Å².